The van der Waals surface area contributed by atoms with E-state index >= 15 is 0 Å². The third-order valence-corrected chi connectivity index (χ3v) is 5.58. The topological polar surface area (TPSA) is 78.8 Å². The smallest absolute Gasteiger partial charge is 0.260 e. The number of hydrogen-bond donors (Lipinski definition) is 1. The molecule has 0 bridgehead atoms. The first kappa shape index (κ1) is 21.4. The minimum absolute atomic E-state index is 0.342. The summed E-state index contributed by atoms with van der Waals surface area (Å²) >= 11 is 2.20. The lowest BCUT2D eigenvalue weighted by Gasteiger charge is -2.22. The quantitative estimate of drug-likeness (QED) is 0.377. The van der Waals surface area contributed by atoms with Crippen LogP contribution < -0.4 is 9.73 Å². The molecule has 0 unspecified atom stereocenters. The van der Waals surface area contributed by atoms with E-state index in [0.29, 0.717) is 11.4 Å². The van der Waals surface area contributed by atoms with Crippen LogP contribution >= 0.6 is 22.6 Å². The third-order valence-electron chi connectivity index (χ3n) is 3.77. The fourth-order valence-electron chi connectivity index (χ4n) is 2.58. The van der Waals surface area contributed by atoms with Crippen molar-refractivity contribution in [3.63, 3.8) is 0 Å². The molecule has 8 heteroatoms. The van der Waals surface area contributed by atoms with E-state index in [-0.39, 0.29) is 6.54 Å². The Balaban J connectivity index is 2.18. The number of rotatable bonds is 6. The van der Waals surface area contributed by atoms with Crippen molar-refractivity contribution in [1.82, 2.24) is 5.43 Å². The van der Waals surface area contributed by atoms with E-state index in [0.717, 1.165) is 30.8 Å². The fourth-order valence-corrected chi connectivity index (χ4v) is 3.97. The molecular weight excluding hydrogens is 477 g/mol. The van der Waals surface area contributed by atoms with Crippen LogP contribution in [0.5, 0.6) is 0 Å². The van der Waals surface area contributed by atoms with E-state index in [1.807, 2.05) is 44.2 Å². The molecule has 0 radical (unpaired) electrons. The maximum atomic E-state index is 12.3. The first-order chi connectivity index (χ1) is 12.6. The summed E-state index contributed by atoms with van der Waals surface area (Å²) in [7, 11) is -3.62. The molecule has 0 aromatic heterocycles. The third kappa shape index (κ3) is 6.31. The molecule has 0 aliphatic rings. The SMILES string of the molecule is C/C(=N/NC(=O)CN(c1cc(C)cc(C)c1)S(C)(=O)=O)c1cccc(I)c1. The molecule has 1 amide bonds. The van der Waals surface area contributed by atoms with Gasteiger partial charge >= 0.3 is 0 Å². The van der Waals surface area contributed by atoms with E-state index in [1.165, 1.54) is 0 Å². The molecule has 2 rings (SSSR count). The minimum atomic E-state index is -3.62. The van der Waals surface area contributed by atoms with Crippen LogP contribution in [0.3, 0.4) is 0 Å². The molecule has 0 fully saturated rings. The van der Waals surface area contributed by atoms with Crippen LogP contribution in [-0.2, 0) is 14.8 Å². The van der Waals surface area contributed by atoms with Crippen molar-refractivity contribution in [2.75, 3.05) is 17.1 Å². The number of carbonyl (C=O) groups is 1. The van der Waals surface area contributed by atoms with Gasteiger partial charge in [-0.1, -0.05) is 18.2 Å². The average molecular weight is 499 g/mol. The number of nitrogens with one attached hydrogen (secondary N) is 1. The molecule has 2 aromatic carbocycles. The van der Waals surface area contributed by atoms with E-state index in [1.54, 1.807) is 19.1 Å². The maximum Gasteiger partial charge on any atom is 0.260 e. The Bertz CT molecular complexity index is 967. The normalized spacial score (nSPS) is 12.0. The van der Waals surface area contributed by atoms with Crippen LogP contribution in [0, 0.1) is 17.4 Å². The van der Waals surface area contributed by atoms with Crippen molar-refractivity contribution < 1.29 is 13.2 Å². The Kier molecular flexibility index (Phi) is 6.99. The van der Waals surface area contributed by atoms with Gasteiger partial charge in [-0.25, -0.2) is 13.8 Å². The second kappa shape index (κ2) is 8.83. The highest BCUT2D eigenvalue weighted by Gasteiger charge is 2.21. The van der Waals surface area contributed by atoms with Crippen LogP contribution in [0.4, 0.5) is 5.69 Å². The number of aryl methyl sites for hydroxylation is 2. The molecule has 0 saturated heterocycles. The van der Waals surface area contributed by atoms with Crippen LogP contribution in [0.2, 0.25) is 0 Å². The second-order valence-corrected chi connectivity index (χ2v) is 9.51. The van der Waals surface area contributed by atoms with Gasteiger partial charge in [0.05, 0.1) is 17.7 Å². The second-order valence-electron chi connectivity index (χ2n) is 6.36. The van der Waals surface area contributed by atoms with Crippen LogP contribution in [-0.4, -0.2) is 32.8 Å². The van der Waals surface area contributed by atoms with Crippen LogP contribution in [0.15, 0.2) is 47.6 Å². The zero-order chi connectivity index (χ0) is 20.2. The van der Waals surface area contributed by atoms with E-state index in [2.05, 4.69) is 33.1 Å². The number of halogens is 1. The predicted octanol–water partition coefficient (Wildman–Crippen LogP) is 3.21. The lowest BCUT2D eigenvalue weighted by atomic mass is 10.1. The van der Waals surface area contributed by atoms with Gasteiger partial charge in [-0.05, 0) is 84.3 Å². The molecular formula is C19H22IN3O3S. The summed E-state index contributed by atoms with van der Waals surface area (Å²) in [4.78, 5) is 12.3. The van der Waals surface area contributed by atoms with Crippen LogP contribution in [0.1, 0.15) is 23.6 Å². The zero-order valence-electron chi connectivity index (χ0n) is 15.7. The monoisotopic (exact) mass is 499 g/mol. The molecule has 0 aliphatic carbocycles. The largest absolute Gasteiger partial charge is 0.271 e. The number of hydrazone groups is 1. The highest BCUT2D eigenvalue weighted by molar-refractivity contribution is 14.1. The molecule has 0 heterocycles. The molecule has 0 saturated carbocycles. The van der Waals surface area contributed by atoms with Crippen molar-refractivity contribution in [1.29, 1.82) is 0 Å². The Morgan fingerprint density at radius 3 is 2.33 bits per heavy atom. The Morgan fingerprint density at radius 2 is 1.78 bits per heavy atom. The number of benzene rings is 2. The van der Waals surface area contributed by atoms with Gasteiger partial charge < -0.3 is 0 Å². The summed E-state index contributed by atoms with van der Waals surface area (Å²) in [5, 5.41) is 4.09. The number of carbonyl (C=O) groups excluding carboxylic acids is 1. The first-order valence-corrected chi connectivity index (χ1v) is 11.1. The molecule has 0 spiro atoms. The molecule has 144 valence electrons. The van der Waals surface area contributed by atoms with E-state index in [4.69, 9.17) is 0 Å². The summed E-state index contributed by atoms with van der Waals surface area (Å²) in [6, 6.07) is 13.1. The molecule has 6 nitrogen and oxygen atoms in total. The highest BCUT2D eigenvalue weighted by Crippen LogP contribution is 2.21. The van der Waals surface area contributed by atoms with Gasteiger partial charge in [0, 0.05) is 3.57 Å². The summed E-state index contributed by atoms with van der Waals surface area (Å²) in [5.74, 6) is -0.510. The van der Waals surface area contributed by atoms with Gasteiger partial charge in [-0.2, -0.15) is 5.10 Å². The minimum Gasteiger partial charge on any atom is -0.271 e. The lowest BCUT2D eigenvalue weighted by molar-refractivity contribution is -0.119. The average Bonchev–Trinajstić information content (AvgIpc) is 2.55. The summed E-state index contributed by atoms with van der Waals surface area (Å²) < 4.78 is 26.5. The van der Waals surface area contributed by atoms with Gasteiger partial charge in [0.25, 0.3) is 5.91 Å². The fraction of sp³-hybridized carbons (Fsp3) is 0.263. The van der Waals surface area contributed by atoms with Crippen molar-refractivity contribution in [3.8, 4) is 0 Å². The predicted molar refractivity (Wildman–Crippen MR) is 118 cm³/mol. The summed E-state index contributed by atoms with van der Waals surface area (Å²) in [5.41, 5.74) is 6.27. The van der Waals surface area contributed by atoms with Crippen molar-refractivity contribution in [3.05, 3.63) is 62.7 Å². The maximum absolute atomic E-state index is 12.3. The van der Waals surface area contributed by atoms with E-state index < -0.39 is 15.9 Å². The Hall–Kier alpha value is -1.94. The molecule has 0 aliphatic heterocycles. The molecule has 0 atom stereocenters. The number of hydrogen-bond acceptors (Lipinski definition) is 4. The van der Waals surface area contributed by atoms with E-state index in [9.17, 15) is 13.2 Å². The molecule has 2 aromatic rings. The Morgan fingerprint density at radius 1 is 1.15 bits per heavy atom. The van der Waals surface area contributed by atoms with Crippen molar-refractivity contribution in [2.24, 2.45) is 5.10 Å². The molecule has 27 heavy (non-hydrogen) atoms. The summed E-state index contributed by atoms with van der Waals surface area (Å²) in [6.45, 7) is 5.20. The Labute approximate surface area is 173 Å². The van der Waals surface area contributed by atoms with Gasteiger partial charge in [-0.3, -0.25) is 9.10 Å². The number of nitrogens with zero attached hydrogens (tertiary/aromatic N) is 2. The molecule has 1 N–H and O–H groups in total. The number of sulfonamides is 1. The van der Waals surface area contributed by atoms with Gasteiger partial charge in [0.15, 0.2) is 0 Å². The van der Waals surface area contributed by atoms with Gasteiger partial charge in [0.1, 0.15) is 6.54 Å². The van der Waals surface area contributed by atoms with Crippen LogP contribution in [0.25, 0.3) is 0 Å². The number of anilines is 1. The standard InChI is InChI=1S/C19H22IN3O3S/c1-13-8-14(2)10-18(9-13)23(27(4,25)26)12-19(24)22-21-15(3)16-6-5-7-17(20)11-16/h5-11H,12H2,1-4H3,(H,22,24)/b21-15-. The lowest BCUT2D eigenvalue weighted by Crippen LogP contribution is -2.39. The number of amides is 1. The summed E-state index contributed by atoms with van der Waals surface area (Å²) in [6.07, 6.45) is 1.08. The van der Waals surface area contributed by atoms with Crippen molar-refractivity contribution >= 4 is 49.9 Å². The van der Waals surface area contributed by atoms with Crippen molar-refractivity contribution in [2.45, 2.75) is 20.8 Å². The van der Waals surface area contributed by atoms with Gasteiger partial charge in [0.2, 0.25) is 10.0 Å². The first-order valence-electron chi connectivity index (χ1n) is 8.21. The highest BCUT2D eigenvalue weighted by atomic mass is 127. The zero-order valence-corrected chi connectivity index (χ0v) is 18.6. The van der Waals surface area contributed by atoms with Gasteiger partial charge in [-0.15, -0.1) is 0 Å².